The number of benzene rings is 1. The molecule has 1 aliphatic heterocycles. The first kappa shape index (κ1) is 15.6. The number of hydrogen-bond donors (Lipinski definition) is 1. The van der Waals surface area contributed by atoms with Crippen molar-refractivity contribution in [1.82, 2.24) is 4.90 Å². The smallest absolute Gasteiger partial charge is 0.309 e. The van der Waals surface area contributed by atoms with Crippen LogP contribution >= 0.6 is 0 Å². The summed E-state index contributed by atoms with van der Waals surface area (Å²) in [6, 6.07) is 5.84. The highest BCUT2D eigenvalue weighted by Crippen LogP contribution is 2.32. The van der Waals surface area contributed by atoms with Crippen molar-refractivity contribution in [2.75, 3.05) is 27.3 Å². The van der Waals surface area contributed by atoms with Crippen molar-refractivity contribution in [3.63, 3.8) is 0 Å². The summed E-state index contributed by atoms with van der Waals surface area (Å²) in [6.07, 6.45) is 1.37. The number of hydrogen-bond acceptors (Lipinski definition) is 4. The van der Waals surface area contributed by atoms with Crippen LogP contribution < -0.4 is 9.47 Å². The van der Waals surface area contributed by atoms with Crippen molar-refractivity contribution in [3.05, 3.63) is 23.8 Å². The third-order valence-corrected chi connectivity index (χ3v) is 4.29. The second-order valence-corrected chi connectivity index (χ2v) is 5.86. The number of piperidine rings is 1. The molecule has 0 aliphatic carbocycles. The molecule has 0 aromatic heterocycles. The van der Waals surface area contributed by atoms with Crippen LogP contribution in [0.5, 0.6) is 11.5 Å². The number of carbonyl (C=O) groups is 1. The van der Waals surface area contributed by atoms with Gasteiger partial charge in [-0.1, -0.05) is 0 Å². The quantitative estimate of drug-likeness (QED) is 0.903. The predicted octanol–water partition coefficient (Wildman–Crippen LogP) is 2.39. The Morgan fingerprint density at radius 3 is 2.14 bits per heavy atom. The minimum Gasteiger partial charge on any atom is -0.497 e. The van der Waals surface area contributed by atoms with E-state index in [2.05, 4.69) is 4.90 Å². The van der Waals surface area contributed by atoms with Crippen molar-refractivity contribution >= 4 is 5.97 Å². The third kappa shape index (κ3) is 3.67. The zero-order valence-corrected chi connectivity index (χ0v) is 12.9. The molecule has 116 valence electrons. The molecule has 1 aromatic rings. The average Bonchev–Trinajstić information content (AvgIpc) is 2.49. The SMILES string of the molecule is COc1cc(CN2CCC(C)(C(=O)O)CC2)cc(OC)c1. The summed E-state index contributed by atoms with van der Waals surface area (Å²) in [5.41, 5.74) is 0.535. The lowest BCUT2D eigenvalue weighted by Crippen LogP contribution is -2.42. The number of carboxylic acids is 1. The van der Waals surface area contributed by atoms with Crippen molar-refractivity contribution < 1.29 is 19.4 Å². The van der Waals surface area contributed by atoms with E-state index in [4.69, 9.17) is 9.47 Å². The lowest BCUT2D eigenvalue weighted by molar-refractivity contribution is -0.150. The van der Waals surface area contributed by atoms with E-state index in [-0.39, 0.29) is 0 Å². The molecule has 0 amide bonds. The summed E-state index contributed by atoms with van der Waals surface area (Å²) in [7, 11) is 3.27. The van der Waals surface area contributed by atoms with E-state index in [1.807, 2.05) is 25.1 Å². The Kier molecular flexibility index (Phi) is 4.73. The Labute approximate surface area is 125 Å². The maximum absolute atomic E-state index is 11.3. The molecule has 1 aliphatic rings. The van der Waals surface area contributed by atoms with Crippen LogP contribution in [0, 0.1) is 5.41 Å². The standard InChI is InChI=1S/C16H23NO4/c1-16(15(18)19)4-6-17(7-5-16)11-12-8-13(20-2)10-14(9-12)21-3/h8-10H,4-7,11H2,1-3H3,(H,18,19). The van der Waals surface area contributed by atoms with Gasteiger partial charge in [0.2, 0.25) is 0 Å². The van der Waals surface area contributed by atoms with Gasteiger partial charge in [-0.05, 0) is 50.6 Å². The molecule has 2 rings (SSSR count). The van der Waals surface area contributed by atoms with Gasteiger partial charge in [-0.15, -0.1) is 0 Å². The number of carboxylic acid groups (broad SMARTS) is 1. The van der Waals surface area contributed by atoms with E-state index in [0.717, 1.165) is 36.7 Å². The Morgan fingerprint density at radius 1 is 1.19 bits per heavy atom. The number of rotatable bonds is 5. The van der Waals surface area contributed by atoms with Crippen LogP contribution in [-0.4, -0.2) is 43.3 Å². The highest BCUT2D eigenvalue weighted by Gasteiger charge is 2.36. The minimum absolute atomic E-state index is 0.581. The fraction of sp³-hybridized carbons (Fsp3) is 0.562. The predicted molar refractivity (Wildman–Crippen MR) is 79.8 cm³/mol. The van der Waals surface area contributed by atoms with Crippen LogP contribution in [0.3, 0.4) is 0 Å². The topological polar surface area (TPSA) is 59.0 Å². The number of likely N-dealkylation sites (tertiary alicyclic amines) is 1. The lowest BCUT2D eigenvalue weighted by atomic mass is 9.80. The van der Waals surface area contributed by atoms with Crippen molar-refractivity contribution in [3.8, 4) is 11.5 Å². The normalized spacial score (nSPS) is 18.2. The zero-order chi connectivity index (χ0) is 15.5. The van der Waals surface area contributed by atoms with Crippen LogP contribution in [0.4, 0.5) is 0 Å². The van der Waals surface area contributed by atoms with Gasteiger partial charge >= 0.3 is 5.97 Å². The Balaban J connectivity index is 2.02. The molecule has 5 heteroatoms. The van der Waals surface area contributed by atoms with Gasteiger partial charge in [-0.3, -0.25) is 9.69 Å². The lowest BCUT2D eigenvalue weighted by Gasteiger charge is -2.36. The van der Waals surface area contributed by atoms with Crippen LogP contribution in [0.15, 0.2) is 18.2 Å². The average molecular weight is 293 g/mol. The van der Waals surface area contributed by atoms with Gasteiger partial charge in [0.05, 0.1) is 19.6 Å². The molecule has 1 aromatic carbocycles. The van der Waals surface area contributed by atoms with Crippen molar-refractivity contribution in [1.29, 1.82) is 0 Å². The Bertz CT molecular complexity index is 485. The number of nitrogens with zero attached hydrogens (tertiary/aromatic N) is 1. The van der Waals surface area contributed by atoms with Crippen molar-refractivity contribution in [2.24, 2.45) is 5.41 Å². The fourth-order valence-corrected chi connectivity index (χ4v) is 2.63. The second kappa shape index (κ2) is 6.35. The molecule has 0 radical (unpaired) electrons. The first-order chi connectivity index (χ1) is 9.96. The summed E-state index contributed by atoms with van der Waals surface area (Å²) >= 11 is 0. The Morgan fingerprint density at radius 2 is 1.71 bits per heavy atom. The van der Waals surface area contributed by atoms with E-state index < -0.39 is 11.4 Å². The van der Waals surface area contributed by atoms with Crippen LogP contribution in [0.25, 0.3) is 0 Å². The molecular formula is C16H23NO4. The molecule has 0 atom stereocenters. The Hall–Kier alpha value is -1.75. The third-order valence-electron chi connectivity index (χ3n) is 4.29. The fourth-order valence-electron chi connectivity index (χ4n) is 2.63. The second-order valence-electron chi connectivity index (χ2n) is 5.86. The summed E-state index contributed by atoms with van der Waals surface area (Å²) in [6.45, 7) is 4.20. The molecule has 1 N–H and O–H groups in total. The largest absolute Gasteiger partial charge is 0.497 e. The van der Waals surface area contributed by atoms with E-state index in [1.165, 1.54) is 0 Å². The minimum atomic E-state index is -0.690. The molecular weight excluding hydrogens is 270 g/mol. The first-order valence-electron chi connectivity index (χ1n) is 7.14. The molecule has 21 heavy (non-hydrogen) atoms. The number of ether oxygens (including phenoxy) is 2. The van der Waals surface area contributed by atoms with Gasteiger partial charge < -0.3 is 14.6 Å². The monoisotopic (exact) mass is 293 g/mol. The van der Waals surface area contributed by atoms with Gasteiger partial charge in [-0.2, -0.15) is 0 Å². The highest BCUT2D eigenvalue weighted by molar-refractivity contribution is 5.74. The highest BCUT2D eigenvalue weighted by atomic mass is 16.5. The summed E-state index contributed by atoms with van der Waals surface area (Å²) in [5, 5.41) is 9.26. The molecule has 1 heterocycles. The first-order valence-corrected chi connectivity index (χ1v) is 7.14. The molecule has 5 nitrogen and oxygen atoms in total. The molecule has 0 spiro atoms. The van der Waals surface area contributed by atoms with E-state index in [1.54, 1.807) is 14.2 Å². The number of aliphatic carboxylic acids is 1. The number of methoxy groups -OCH3 is 2. The van der Waals surface area contributed by atoms with E-state index in [0.29, 0.717) is 12.8 Å². The van der Waals surface area contributed by atoms with E-state index in [9.17, 15) is 9.90 Å². The molecule has 0 bridgehead atoms. The van der Waals surface area contributed by atoms with Gasteiger partial charge in [0, 0.05) is 12.6 Å². The van der Waals surface area contributed by atoms with Crippen LogP contribution in [-0.2, 0) is 11.3 Å². The van der Waals surface area contributed by atoms with Crippen LogP contribution in [0.2, 0.25) is 0 Å². The van der Waals surface area contributed by atoms with Gasteiger partial charge in [0.25, 0.3) is 0 Å². The van der Waals surface area contributed by atoms with Crippen LogP contribution in [0.1, 0.15) is 25.3 Å². The molecule has 0 saturated carbocycles. The van der Waals surface area contributed by atoms with Gasteiger partial charge in [0.1, 0.15) is 11.5 Å². The maximum atomic E-state index is 11.3. The molecule has 1 fully saturated rings. The van der Waals surface area contributed by atoms with Gasteiger partial charge in [0.15, 0.2) is 0 Å². The van der Waals surface area contributed by atoms with E-state index >= 15 is 0 Å². The summed E-state index contributed by atoms with van der Waals surface area (Å²) < 4.78 is 10.5. The summed E-state index contributed by atoms with van der Waals surface area (Å²) in [5.74, 6) is 0.860. The molecule has 0 unspecified atom stereocenters. The molecule has 1 saturated heterocycles. The maximum Gasteiger partial charge on any atom is 0.309 e. The van der Waals surface area contributed by atoms with Gasteiger partial charge in [-0.25, -0.2) is 0 Å². The summed E-state index contributed by atoms with van der Waals surface area (Å²) in [4.78, 5) is 13.5. The zero-order valence-electron chi connectivity index (χ0n) is 12.9. The van der Waals surface area contributed by atoms with Crippen molar-refractivity contribution in [2.45, 2.75) is 26.3 Å².